The monoisotopic (exact) mass is 337 g/mol. The molecule has 2 heterocycles. The van der Waals surface area contributed by atoms with Crippen molar-refractivity contribution in [2.45, 2.75) is 26.3 Å². The van der Waals surface area contributed by atoms with Crippen molar-refractivity contribution < 1.29 is 14.1 Å². The van der Waals surface area contributed by atoms with Crippen LogP contribution in [0.4, 0.5) is 5.82 Å². The van der Waals surface area contributed by atoms with Crippen LogP contribution in [0.15, 0.2) is 10.6 Å². The van der Waals surface area contributed by atoms with Crippen molar-refractivity contribution in [3.05, 3.63) is 11.8 Å². The Labute approximate surface area is 142 Å². The van der Waals surface area contributed by atoms with Crippen LogP contribution in [0.3, 0.4) is 0 Å². The van der Waals surface area contributed by atoms with Crippen molar-refractivity contribution >= 4 is 17.6 Å². The second kappa shape index (κ2) is 8.25. The molecule has 1 aliphatic rings. The fraction of sp³-hybridized carbons (Fsp3) is 0.688. The summed E-state index contributed by atoms with van der Waals surface area (Å²) in [5.41, 5.74) is 0. The van der Waals surface area contributed by atoms with Crippen LogP contribution in [0.5, 0.6) is 0 Å². The SMILES string of the molecule is Cc1cc(NC(=O)[C@H](C)N2CCCN(CC(=O)N(C)C)CC2)no1. The van der Waals surface area contributed by atoms with Gasteiger partial charge in [0.2, 0.25) is 11.8 Å². The number of amides is 2. The molecule has 1 atom stereocenters. The number of hydrogen-bond acceptors (Lipinski definition) is 6. The van der Waals surface area contributed by atoms with E-state index in [-0.39, 0.29) is 17.9 Å². The predicted molar refractivity (Wildman–Crippen MR) is 90.7 cm³/mol. The summed E-state index contributed by atoms with van der Waals surface area (Å²) in [6.45, 7) is 7.34. The van der Waals surface area contributed by atoms with Gasteiger partial charge in [0.05, 0.1) is 12.6 Å². The fourth-order valence-electron chi connectivity index (χ4n) is 2.69. The third kappa shape index (κ3) is 5.04. The Morgan fingerprint density at radius 2 is 2.08 bits per heavy atom. The Hall–Kier alpha value is -1.93. The third-order valence-electron chi connectivity index (χ3n) is 4.29. The van der Waals surface area contributed by atoms with Gasteiger partial charge in [-0.2, -0.15) is 0 Å². The number of anilines is 1. The first-order valence-electron chi connectivity index (χ1n) is 8.27. The first kappa shape index (κ1) is 18.4. The minimum absolute atomic E-state index is 0.0962. The third-order valence-corrected chi connectivity index (χ3v) is 4.29. The number of aryl methyl sites for hydroxylation is 1. The molecule has 0 bridgehead atoms. The number of rotatable bonds is 5. The average molecular weight is 337 g/mol. The molecule has 1 aromatic rings. The number of carbonyl (C=O) groups is 2. The van der Waals surface area contributed by atoms with Gasteiger partial charge >= 0.3 is 0 Å². The Bertz CT molecular complexity index is 572. The highest BCUT2D eigenvalue weighted by atomic mass is 16.5. The van der Waals surface area contributed by atoms with Gasteiger partial charge in [-0.25, -0.2) is 0 Å². The minimum atomic E-state index is -0.258. The second-order valence-corrected chi connectivity index (χ2v) is 6.44. The zero-order valence-electron chi connectivity index (χ0n) is 14.9. The van der Waals surface area contributed by atoms with E-state index in [1.165, 1.54) is 0 Å². The lowest BCUT2D eigenvalue weighted by molar-refractivity contribution is -0.130. The number of nitrogens with one attached hydrogen (secondary N) is 1. The number of hydrogen-bond donors (Lipinski definition) is 1. The lowest BCUT2D eigenvalue weighted by Gasteiger charge is -2.26. The van der Waals surface area contributed by atoms with Gasteiger partial charge in [0, 0.05) is 39.8 Å². The van der Waals surface area contributed by atoms with Gasteiger partial charge in [-0.3, -0.25) is 19.4 Å². The number of carbonyl (C=O) groups excluding carboxylic acids is 2. The van der Waals surface area contributed by atoms with Gasteiger partial charge in [0.25, 0.3) is 0 Å². The highest BCUT2D eigenvalue weighted by Gasteiger charge is 2.25. The lowest BCUT2D eigenvalue weighted by Crippen LogP contribution is -2.44. The Morgan fingerprint density at radius 1 is 1.33 bits per heavy atom. The van der Waals surface area contributed by atoms with Crippen molar-refractivity contribution in [3.63, 3.8) is 0 Å². The molecule has 0 aliphatic carbocycles. The van der Waals surface area contributed by atoms with E-state index in [0.29, 0.717) is 18.1 Å². The summed E-state index contributed by atoms with van der Waals surface area (Å²) >= 11 is 0. The zero-order valence-corrected chi connectivity index (χ0v) is 14.9. The standard InChI is InChI=1S/C16H27N5O3/c1-12-10-14(18-24-12)17-16(23)13(2)21-7-5-6-20(8-9-21)11-15(22)19(3)4/h10,13H,5-9,11H2,1-4H3,(H,17,18,23)/t13-/m0/s1. The molecule has 24 heavy (non-hydrogen) atoms. The summed E-state index contributed by atoms with van der Waals surface area (Å²) in [5.74, 6) is 1.11. The fourth-order valence-corrected chi connectivity index (χ4v) is 2.69. The molecule has 0 saturated carbocycles. The van der Waals surface area contributed by atoms with Crippen LogP contribution in [-0.4, -0.2) is 84.5 Å². The minimum Gasteiger partial charge on any atom is -0.360 e. The van der Waals surface area contributed by atoms with E-state index in [1.54, 1.807) is 32.0 Å². The Kier molecular flexibility index (Phi) is 6.33. The predicted octanol–water partition coefficient (Wildman–Crippen LogP) is 0.406. The summed E-state index contributed by atoms with van der Waals surface area (Å²) < 4.78 is 4.96. The molecule has 0 unspecified atom stereocenters. The maximum Gasteiger partial charge on any atom is 0.242 e. The summed E-state index contributed by atoms with van der Waals surface area (Å²) in [5, 5.41) is 6.57. The van der Waals surface area contributed by atoms with Gasteiger partial charge in [-0.15, -0.1) is 0 Å². The van der Waals surface area contributed by atoms with E-state index in [1.807, 2.05) is 6.92 Å². The molecule has 1 fully saturated rings. The molecule has 0 spiro atoms. The molecule has 134 valence electrons. The number of nitrogens with zero attached hydrogens (tertiary/aromatic N) is 4. The Balaban J connectivity index is 1.85. The molecule has 8 heteroatoms. The van der Waals surface area contributed by atoms with Gasteiger partial charge in [-0.1, -0.05) is 5.16 Å². The van der Waals surface area contributed by atoms with Crippen LogP contribution >= 0.6 is 0 Å². The number of likely N-dealkylation sites (N-methyl/N-ethyl adjacent to an activating group) is 1. The molecule has 2 rings (SSSR count). The Morgan fingerprint density at radius 3 is 2.71 bits per heavy atom. The first-order chi connectivity index (χ1) is 11.4. The molecule has 2 amide bonds. The topological polar surface area (TPSA) is 81.9 Å². The molecule has 8 nitrogen and oxygen atoms in total. The second-order valence-electron chi connectivity index (χ2n) is 6.44. The van der Waals surface area contributed by atoms with E-state index in [4.69, 9.17) is 4.52 Å². The van der Waals surface area contributed by atoms with Crippen LogP contribution in [-0.2, 0) is 9.59 Å². The first-order valence-corrected chi connectivity index (χ1v) is 8.27. The van der Waals surface area contributed by atoms with Crippen LogP contribution in [0.1, 0.15) is 19.1 Å². The van der Waals surface area contributed by atoms with Crippen LogP contribution in [0, 0.1) is 6.92 Å². The van der Waals surface area contributed by atoms with Crippen molar-refractivity contribution in [1.29, 1.82) is 0 Å². The van der Waals surface area contributed by atoms with E-state index < -0.39 is 0 Å². The van der Waals surface area contributed by atoms with Crippen molar-refractivity contribution in [3.8, 4) is 0 Å². The largest absolute Gasteiger partial charge is 0.360 e. The smallest absolute Gasteiger partial charge is 0.242 e. The molecular formula is C16H27N5O3. The summed E-state index contributed by atoms with van der Waals surface area (Å²) in [4.78, 5) is 30.1. The summed E-state index contributed by atoms with van der Waals surface area (Å²) in [6.07, 6.45) is 0.932. The molecule has 1 N–H and O–H groups in total. The van der Waals surface area contributed by atoms with E-state index in [9.17, 15) is 9.59 Å². The highest BCUT2D eigenvalue weighted by molar-refractivity contribution is 5.93. The van der Waals surface area contributed by atoms with Gasteiger partial charge in [0.15, 0.2) is 5.82 Å². The zero-order chi connectivity index (χ0) is 17.7. The van der Waals surface area contributed by atoms with Crippen LogP contribution < -0.4 is 5.32 Å². The summed E-state index contributed by atoms with van der Waals surface area (Å²) in [6, 6.07) is 1.44. The highest BCUT2D eigenvalue weighted by Crippen LogP contribution is 2.11. The van der Waals surface area contributed by atoms with Gasteiger partial charge in [0.1, 0.15) is 5.76 Å². The molecule has 1 saturated heterocycles. The van der Waals surface area contributed by atoms with E-state index in [2.05, 4.69) is 20.3 Å². The molecule has 0 radical (unpaired) electrons. The van der Waals surface area contributed by atoms with Crippen molar-refractivity contribution in [2.75, 3.05) is 52.1 Å². The normalized spacial score (nSPS) is 18.0. The van der Waals surface area contributed by atoms with Crippen molar-refractivity contribution in [2.24, 2.45) is 0 Å². The van der Waals surface area contributed by atoms with E-state index in [0.717, 1.165) is 32.6 Å². The number of aromatic nitrogens is 1. The summed E-state index contributed by atoms with van der Waals surface area (Å²) in [7, 11) is 3.54. The maximum absolute atomic E-state index is 12.4. The van der Waals surface area contributed by atoms with Crippen LogP contribution in [0.2, 0.25) is 0 Å². The molecule has 1 aromatic heterocycles. The van der Waals surface area contributed by atoms with Crippen molar-refractivity contribution in [1.82, 2.24) is 19.9 Å². The molecular weight excluding hydrogens is 310 g/mol. The maximum atomic E-state index is 12.4. The van der Waals surface area contributed by atoms with Gasteiger partial charge in [-0.05, 0) is 26.8 Å². The average Bonchev–Trinajstić information content (AvgIpc) is 2.80. The van der Waals surface area contributed by atoms with E-state index >= 15 is 0 Å². The van der Waals surface area contributed by atoms with Crippen LogP contribution in [0.25, 0.3) is 0 Å². The van der Waals surface area contributed by atoms with Gasteiger partial charge < -0.3 is 14.7 Å². The quantitative estimate of drug-likeness (QED) is 0.838. The molecule has 1 aliphatic heterocycles. The molecule has 0 aromatic carbocycles. The lowest BCUT2D eigenvalue weighted by atomic mass is 10.2.